The monoisotopic (exact) mass is 647 g/mol. The van der Waals surface area contributed by atoms with Gasteiger partial charge in [-0.2, -0.15) is 13.2 Å². The quantitative estimate of drug-likeness (QED) is 0.118. The number of ether oxygens (including phenoxy) is 1. The molecule has 0 aliphatic carbocycles. The van der Waals surface area contributed by atoms with Gasteiger partial charge in [0.1, 0.15) is 16.5 Å². The highest BCUT2D eigenvalue weighted by molar-refractivity contribution is 7.22. The molecule has 16 heteroatoms. The molecule has 0 spiro atoms. The van der Waals surface area contributed by atoms with Gasteiger partial charge in [-0.1, -0.05) is 6.07 Å². The minimum atomic E-state index is -4.62. The predicted octanol–water partition coefficient (Wildman–Crippen LogP) is 5.51. The van der Waals surface area contributed by atoms with Crippen molar-refractivity contribution < 1.29 is 31.6 Å². The molecule has 0 N–H and O–H groups in total. The van der Waals surface area contributed by atoms with E-state index in [2.05, 4.69) is 9.72 Å². The molecule has 0 unspecified atom stereocenters. The lowest BCUT2D eigenvalue weighted by molar-refractivity contribution is -0.384. The highest BCUT2D eigenvalue weighted by Gasteiger charge is 2.29. The van der Waals surface area contributed by atoms with E-state index in [1.54, 1.807) is 19.0 Å². The van der Waals surface area contributed by atoms with Crippen molar-refractivity contribution in [2.45, 2.75) is 19.3 Å². The van der Waals surface area contributed by atoms with Crippen molar-refractivity contribution in [2.75, 3.05) is 20.7 Å². The molecule has 234 valence electrons. The number of alkyl halides is 3. The largest absolute Gasteiger partial charge is 0.468 e. The molecule has 5 rings (SSSR count). The second-order valence-electron chi connectivity index (χ2n) is 10.1. The van der Waals surface area contributed by atoms with Crippen molar-refractivity contribution in [3.63, 3.8) is 0 Å². The normalized spacial score (nSPS) is 11.8. The van der Waals surface area contributed by atoms with Gasteiger partial charge in [-0.3, -0.25) is 19.5 Å². The number of non-ortho nitro benzene ring substituents is 1. The fraction of sp³-hybridized carbons (Fsp3) is 0.207. The van der Waals surface area contributed by atoms with Crippen LogP contribution in [0.2, 0.25) is 0 Å². The number of hydrogen-bond donors (Lipinski definition) is 0. The molecule has 10 nitrogen and oxygen atoms in total. The summed E-state index contributed by atoms with van der Waals surface area (Å²) in [6.07, 6.45) is -3.65. The zero-order valence-electron chi connectivity index (χ0n) is 23.5. The SMILES string of the molecule is CN(C)Cc1c(-c2ccc([N+](=O)[O-])cc2)sc2c1c(=O)n(-c1ccc(OCC(F)(F)F)nc1)c(=O)n2Cc1c(F)cccc1F. The van der Waals surface area contributed by atoms with Crippen LogP contribution in [0.1, 0.15) is 11.1 Å². The second kappa shape index (κ2) is 12.2. The predicted molar refractivity (Wildman–Crippen MR) is 156 cm³/mol. The first-order valence-electron chi connectivity index (χ1n) is 13.0. The maximum absolute atomic E-state index is 14.8. The van der Waals surface area contributed by atoms with Gasteiger partial charge in [0.2, 0.25) is 5.88 Å². The van der Waals surface area contributed by atoms with Crippen LogP contribution in [-0.4, -0.2) is 50.8 Å². The molecular formula is C29H22F5N5O5S. The molecule has 0 saturated heterocycles. The molecule has 0 aliphatic rings. The number of hydrogen-bond acceptors (Lipinski definition) is 8. The van der Waals surface area contributed by atoms with Crippen LogP contribution in [0.3, 0.4) is 0 Å². The number of aromatic nitrogens is 3. The first-order valence-corrected chi connectivity index (χ1v) is 13.9. The number of nitrogens with zero attached hydrogens (tertiary/aromatic N) is 5. The van der Waals surface area contributed by atoms with Gasteiger partial charge in [0, 0.05) is 35.2 Å². The van der Waals surface area contributed by atoms with E-state index in [4.69, 9.17) is 0 Å². The van der Waals surface area contributed by atoms with Crippen LogP contribution < -0.4 is 16.0 Å². The average molecular weight is 648 g/mol. The zero-order valence-corrected chi connectivity index (χ0v) is 24.3. The van der Waals surface area contributed by atoms with Gasteiger partial charge in [0.15, 0.2) is 6.61 Å². The van der Waals surface area contributed by atoms with E-state index >= 15 is 0 Å². The van der Waals surface area contributed by atoms with Gasteiger partial charge in [-0.25, -0.2) is 23.1 Å². The summed E-state index contributed by atoms with van der Waals surface area (Å²) < 4.78 is 73.8. The van der Waals surface area contributed by atoms with Gasteiger partial charge in [-0.05, 0) is 55.6 Å². The lowest BCUT2D eigenvalue weighted by Crippen LogP contribution is -2.39. The molecule has 3 heterocycles. The summed E-state index contributed by atoms with van der Waals surface area (Å²) in [4.78, 5) is 44.9. The smallest absolute Gasteiger partial charge is 0.422 e. The lowest BCUT2D eigenvalue weighted by atomic mass is 10.1. The Bertz CT molecular complexity index is 2000. The van der Waals surface area contributed by atoms with Crippen molar-refractivity contribution in [2.24, 2.45) is 0 Å². The molecule has 0 radical (unpaired) electrons. The van der Waals surface area contributed by atoms with E-state index in [1.807, 2.05) is 0 Å². The Morgan fingerprint density at radius 1 is 1.00 bits per heavy atom. The number of nitro groups is 1. The van der Waals surface area contributed by atoms with Crippen LogP contribution in [0.25, 0.3) is 26.3 Å². The van der Waals surface area contributed by atoms with Gasteiger partial charge >= 0.3 is 11.9 Å². The third-order valence-electron chi connectivity index (χ3n) is 6.63. The Morgan fingerprint density at radius 2 is 1.67 bits per heavy atom. The van der Waals surface area contributed by atoms with Crippen LogP contribution in [-0.2, 0) is 13.1 Å². The molecule has 0 amide bonds. The van der Waals surface area contributed by atoms with Crippen LogP contribution in [0.15, 0.2) is 70.4 Å². The molecule has 2 aromatic carbocycles. The van der Waals surface area contributed by atoms with Gasteiger partial charge in [0.05, 0.1) is 28.7 Å². The number of halogens is 5. The van der Waals surface area contributed by atoms with Crippen molar-refractivity contribution in [1.82, 2.24) is 19.0 Å². The lowest BCUT2D eigenvalue weighted by Gasteiger charge is -2.15. The highest BCUT2D eigenvalue weighted by Crippen LogP contribution is 2.38. The summed E-state index contributed by atoms with van der Waals surface area (Å²) >= 11 is 1.00. The Balaban J connectivity index is 1.79. The van der Waals surface area contributed by atoms with E-state index in [-0.39, 0.29) is 28.1 Å². The van der Waals surface area contributed by atoms with Gasteiger partial charge in [-0.15, -0.1) is 11.3 Å². The Hall–Kier alpha value is -4.96. The summed E-state index contributed by atoms with van der Waals surface area (Å²) in [5, 5.41) is 11.3. The molecule has 0 atom stereocenters. The Labute approximate surface area is 254 Å². The van der Waals surface area contributed by atoms with E-state index in [0.29, 0.717) is 20.6 Å². The number of nitro benzene ring substituents is 1. The summed E-state index contributed by atoms with van der Waals surface area (Å²) in [6.45, 7) is -2.06. The van der Waals surface area contributed by atoms with Crippen LogP contribution in [0, 0.1) is 21.7 Å². The minimum absolute atomic E-state index is 0.0378. The van der Waals surface area contributed by atoms with Crippen LogP contribution >= 0.6 is 11.3 Å². The zero-order chi connectivity index (χ0) is 32.6. The second-order valence-corrected chi connectivity index (χ2v) is 11.1. The van der Waals surface area contributed by atoms with Crippen molar-refractivity contribution in [3.8, 4) is 22.0 Å². The first-order chi connectivity index (χ1) is 21.2. The number of thiophene rings is 1. The number of pyridine rings is 1. The maximum Gasteiger partial charge on any atom is 0.422 e. The first kappa shape index (κ1) is 31.5. The fourth-order valence-electron chi connectivity index (χ4n) is 4.66. The van der Waals surface area contributed by atoms with Crippen molar-refractivity contribution in [3.05, 3.63) is 115 Å². The van der Waals surface area contributed by atoms with E-state index in [9.17, 15) is 41.7 Å². The number of benzene rings is 2. The summed E-state index contributed by atoms with van der Waals surface area (Å²) in [5.74, 6) is -2.27. The fourth-order valence-corrected chi connectivity index (χ4v) is 5.96. The number of fused-ring (bicyclic) bond motifs is 1. The maximum atomic E-state index is 14.8. The molecule has 3 aromatic heterocycles. The van der Waals surface area contributed by atoms with Crippen LogP contribution in [0.5, 0.6) is 5.88 Å². The Morgan fingerprint density at radius 3 is 2.22 bits per heavy atom. The topological polar surface area (TPSA) is 112 Å². The molecule has 0 saturated carbocycles. The van der Waals surface area contributed by atoms with Crippen molar-refractivity contribution in [1.29, 1.82) is 0 Å². The van der Waals surface area contributed by atoms with E-state index in [1.165, 1.54) is 24.3 Å². The molecule has 5 aromatic rings. The minimum Gasteiger partial charge on any atom is -0.468 e. The van der Waals surface area contributed by atoms with E-state index < -0.39 is 58.6 Å². The van der Waals surface area contributed by atoms with Gasteiger partial charge in [0.25, 0.3) is 11.2 Å². The summed E-state index contributed by atoms with van der Waals surface area (Å²) in [6, 6.07) is 11.0. The van der Waals surface area contributed by atoms with Crippen LogP contribution in [0.4, 0.5) is 27.6 Å². The molecule has 0 bridgehead atoms. The average Bonchev–Trinajstić information content (AvgIpc) is 3.34. The summed E-state index contributed by atoms with van der Waals surface area (Å²) in [7, 11) is 3.46. The molecule has 0 fully saturated rings. The Kier molecular flexibility index (Phi) is 8.53. The van der Waals surface area contributed by atoms with E-state index in [0.717, 1.165) is 52.4 Å². The van der Waals surface area contributed by atoms with Gasteiger partial charge < -0.3 is 9.64 Å². The molecule has 45 heavy (non-hydrogen) atoms. The number of rotatable bonds is 9. The molecule has 0 aliphatic heterocycles. The standard InChI is InChI=1S/C29H22F5N5O5S/c1-36(2)13-20-24-26(40)38(18-10-11-23(35-12-18)44-15-29(32,33)34)28(41)37(14-19-21(30)4-3-5-22(19)31)27(24)45-25(20)16-6-8-17(9-7-16)39(42)43/h3-12H,13-15H2,1-2H3. The molecular weight excluding hydrogens is 625 g/mol. The van der Waals surface area contributed by atoms with Crippen molar-refractivity contribution >= 4 is 27.2 Å². The summed E-state index contributed by atoms with van der Waals surface area (Å²) in [5.41, 5.74) is -1.62. The highest BCUT2D eigenvalue weighted by atomic mass is 32.1. The third kappa shape index (κ3) is 6.46. The third-order valence-corrected chi connectivity index (χ3v) is 7.93.